The summed E-state index contributed by atoms with van der Waals surface area (Å²) in [7, 11) is -24.0. The Labute approximate surface area is 498 Å². The molecule has 0 spiro atoms. The molecule has 0 saturated carbocycles. The van der Waals surface area contributed by atoms with E-state index in [1.807, 2.05) is 0 Å². The first kappa shape index (κ1) is 67.4. The molecular formula is C35H30N6Na4O20S6. The van der Waals surface area contributed by atoms with Gasteiger partial charge in [0.15, 0.2) is 25.4 Å². The van der Waals surface area contributed by atoms with Crippen LogP contribution in [0.1, 0.15) is 10.4 Å². The Balaban J connectivity index is 0.00000630. The molecule has 0 atom stereocenters. The van der Waals surface area contributed by atoms with E-state index in [9.17, 15) is 70.9 Å². The summed E-state index contributed by atoms with van der Waals surface area (Å²) in [5.74, 6) is -4.02. The molecule has 0 fully saturated rings. The molecule has 1 amide bonds. The summed E-state index contributed by atoms with van der Waals surface area (Å²) < 4.78 is 164. The maximum absolute atomic E-state index is 13.9. The zero-order chi connectivity index (χ0) is 49.4. The third-order valence-corrected chi connectivity index (χ3v) is 14.4. The number of rotatable bonds is 22. The molecule has 5 rings (SSSR count). The molecule has 0 unspecified atom stereocenters. The minimum absolute atomic E-state index is 0. The van der Waals surface area contributed by atoms with Gasteiger partial charge in [-0.05, 0) is 72.1 Å². The van der Waals surface area contributed by atoms with E-state index in [-0.39, 0.29) is 173 Å². The number of benzene rings is 5. The summed E-state index contributed by atoms with van der Waals surface area (Å²) >= 11 is 0.161. The second kappa shape index (κ2) is 29.1. The first-order chi connectivity index (χ1) is 31.3. The Bertz CT molecular complexity index is 3310. The van der Waals surface area contributed by atoms with Gasteiger partial charge < -0.3 is 34.7 Å². The van der Waals surface area contributed by atoms with Crippen LogP contribution in [0.25, 0.3) is 10.8 Å². The van der Waals surface area contributed by atoms with Gasteiger partial charge in [-0.15, -0.1) is 10.2 Å². The van der Waals surface area contributed by atoms with Gasteiger partial charge in [-0.25, -0.2) is 42.1 Å². The van der Waals surface area contributed by atoms with Crippen molar-refractivity contribution in [3.63, 3.8) is 0 Å². The Kier molecular flexibility index (Phi) is 27.6. The molecule has 0 saturated heterocycles. The van der Waals surface area contributed by atoms with E-state index in [2.05, 4.69) is 38.2 Å². The molecule has 0 aliphatic carbocycles. The van der Waals surface area contributed by atoms with E-state index in [1.54, 1.807) is 18.2 Å². The van der Waals surface area contributed by atoms with Crippen molar-refractivity contribution in [2.24, 2.45) is 20.5 Å². The van der Waals surface area contributed by atoms with Crippen molar-refractivity contribution in [3.05, 3.63) is 96.6 Å². The number of phenols is 1. The van der Waals surface area contributed by atoms with Crippen LogP contribution in [0.4, 0.5) is 34.1 Å². The maximum atomic E-state index is 13.9. The number of carbonyl (C=O) groups is 1. The van der Waals surface area contributed by atoms with Crippen molar-refractivity contribution < 1.29 is 207 Å². The number of aromatic hydroxyl groups is 1. The van der Waals surface area contributed by atoms with E-state index in [4.69, 9.17) is 5.73 Å². The molecule has 0 bridgehead atoms. The molecule has 0 aliphatic rings. The second-order valence-corrected chi connectivity index (χ2v) is 21.8. The Morgan fingerprint density at radius 2 is 1.25 bits per heavy atom. The van der Waals surface area contributed by atoms with Crippen LogP contribution in [0.15, 0.2) is 126 Å². The number of carbonyl (C=O) groups excluding carboxylic acids is 1. The standard InChI is InChI=1S/C35H34N6O20S6.4Na/c36-31-30-23(21-29(65(49,50)51)33(31)40-37-24-9-11-27(12-10-24)64(47,48)18-15-59-67(55,56)57)20-28(62-61-60-44)32(34(30)42)39-38-25-6-4-5-22(19-25)35(43)41(26-7-2-1-3-8-26)13-16-63(45,46)17-14-58-66(52,53)54;;;;/h1-12,19-21,42,44H,13-18,36H2,(H,49,50,51)(H,52,53,54)(H,55,56,57);;;;/q;4*+1/p-4. The number of amides is 1. The summed E-state index contributed by atoms with van der Waals surface area (Å²) in [6.07, 6.45) is 0. The van der Waals surface area contributed by atoms with Crippen LogP contribution in [-0.2, 0) is 68.3 Å². The normalized spacial score (nSPS) is 12.2. The smallest absolute Gasteiger partial charge is 0.744 e. The number of anilines is 2. The number of hydrogen-bond donors (Lipinski definition) is 2. The largest absolute Gasteiger partial charge is 1.00 e. The summed E-state index contributed by atoms with van der Waals surface area (Å²) in [5.41, 5.74) is 4.35. The predicted molar refractivity (Wildman–Crippen MR) is 227 cm³/mol. The van der Waals surface area contributed by atoms with Crippen molar-refractivity contribution in [1.29, 1.82) is 0 Å². The van der Waals surface area contributed by atoms with Crippen LogP contribution in [0, 0.1) is 0 Å². The Morgan fingerprint density at radius 3 is 1.83 bits per heavy atom. The van der Waals surface area contributed by atoms with Gasteiger partial charge >= 0.3 is 118 Å². The van der Waals surface area contributed by atoms with Gasteiger partial charge in [-0.1, -0.05) is 24.3 Å². The van der Waals surface area contributed by atoms with E-state index < -0.39 is 121 Å². The molecule has 36 heteroatoms. The van der Waals surface area contributed by atoms with Crippen LogP contribution in [-0.4, -0.2) is 104 Å². The summed E-state index contributed by atoms with van der Waals surface area (Å²) in [6, 6.07) is 19.1. The average molecular weight is 1140 g/mol. The molecule has 5 aromatic rings. The zero-order valence-corrected chi connectivity index (χ0v) is 50.3. The van der Waals surface area contributed by atoms with Crippen LogP contribution >= 0.6 is 12.0 Å². The van der Waals surface area contributed by atoms with Gasteiger partial charge in [0, 0.05) is 17.8 Å². The van der Waals surface area contributed by atoms with Gasteiger partial charge in [0.2, 0.25) is 20.8 Å². The number of azo groups is 2. The molecule has 360 valence electrons. The molecule has 5 aromatic carbocycles. The number of hydrogen-bond acceptors (Lipinski definition) is 26. The van der Waals surface area contributed by atoms with Gasteiger partial charge in [0.25, 0.3) is 5.91 Å². The van der Waals surface area contributed by atoms with Crippen LogP contribution in [0.5, 0.6) is 5.75 Å². The molecule has 3 N–H and O–H groups in total. The van der Waals surface area contributed by atoms with Gasteiger partial charge in [-0.3, -0.25) is 18.2 Å². The van der Waals surface area contributed by atoms with Crippen molar-refractivity contribution in [2.75, 3.05) is 47.7 Å². The minimum Gasteiger partial charge on any atom is -0.744 e. The molecule has 0 heterocycles. The van der Waals surface area contributed by atoms with Gasteiger partial charge in [0.05, 0.1) is 79.6 Å². The summed E-state index contributed by atoms with van der Waals surface area (Å²) in [5, 5.41) is 40.9. The third kappa shape index (κ3) is 20.1. The molecule has 71 heavy (non-hydrogen) atoms. The second-order valence-electron chi connectivity index (χ2n) is 13.1. The SMILES string of the molecule is Nc1c(N=Nc2ccc(S(=O)(=O)CCOS(=O)(=O)[O-])cc2)c(S(=O)(=O)[O-])cc2cc(SOO[O-])c(N=Nc3cccc(C(=O)N(CCS(=O)(=O)CCOS(=O)(=O)[O-])c4ccccc4)c3)c(O)c12.[Na+].[Na+].[Na+].[Na+]. The van der Waals surface area contributed by atoms with Crippen molar-refractivity contribution in [2.45, 2.75) is 14.7 Å². The van der Waals surface area contributed by atoms with Crippen molar-refractivity contribution in [3.8, 4) is 5.75 Å². The Hall–Kier alpha value is -1.59. The maximum Gasteiger partial charge on any atom is 1.00 e. The van der Waals surface area contributed by atoms with E-state index in [1.165, 1.54) is 36.4 Å². The predicted octanol–water partition coefficient (Wildman–Crippen LogP) is -9.10. The first-order valence-corrected chi connectivity index (χ1v) is 26.3. The van der Waals surface area contributed by atoms with Crippen molar-refractivity contribution in [1.82, 2.24) is 0 Å². The molecule has 0 aromatic heterocycles. The van der Waals surface area contributed by atoms with Crippen molar-refractivity contribution >= 4 is 113 Å². The number of para-hydroxylation sites is 1. The number of nitrogen functional groups attached to an aromatic ring is 1. The van der Waals surface area contributed by atoms with Gasteiger partial charge in [-0.2, -0.15) is 14.6 Å². The zero-order valence-electron chi connectivity index (χ0n) is 37.4. The quantitative estimate of drug-likeness (QED) is 0.00950. The number of nitrogens with zero attached hydrogens (tertiary/aromatic N) is 5. The molecule has 0 aliphatic heterocycles. The summed E-state index contributed by atoms with van der Waals surface area (Å²) in [4.78, 5) is 13.3. The fraction of sp³-hybridized carbons (Fsp3) is 0.171. The van der Waals surface area contributed by atoms with Crippen LogP contribution in [0.3, 0.4) is 0 Å². The van der Waals surface area contributed by atoms with E-state index in [0.717, 1.165) is 41.3 Å². The first-order valence-electron chi connectivity index (χ1n) is 18.0. The number of fused-ring (bicyclic) bond motifs is 1. The van der Waals surface area contributed by atoms with Gasteiger partial charge in [0.1, 0.15) is 21.5 Å². The van der Waals surface area contributed by atoms with Crippen LogP contribution < -0.4 is 134 Å². The molecule has 0 radical (unpaired) electrons. The fourth-order valence-electron chi connectivity index (χ4n) is 5.72. The molecule has 26 nitrogen and oxygen atoms in total. The monoisotopic (exact) mass is 1140 g/mol. The number of phenolic OH excluding ortho intramolecular Hbond substituents is 1. The average Bonchev–Trinajstić information content (AvgIpc) is 3.24. The minimum atomic E-state index is -5.42. The summed E-state index contributed by atoms with van der Waals surface area (Å²) in [6.45, 7) is -2.35. The van der Waals surface area contributed by atoms with Crippen LogP contribution in [0.2, 0.25) is 0 Å². The number of nitrogens with two attached hydrogens (primary N) is 1. The third-order valence-electron chi connectivity index (χ3n) is 8.70. The topological polar surface area (TPSA) is 416 Å². The molecular weight excluding hydrogens is 1110 g/mol. The van der Waals surface area contributed by atoms with E-state index in [0.29, 0.717) is 0 Å². The Morgan fingerprint density at radius 1 is 0.676 bits per heavy atom. The number of sulfone groups is 2. The van der Waals surface area contributed by atoms with E-state index >= 15 is 0 Å². The fourth-order valence-corrected chi connectivity index (χ4v) is 9.75.